The van der Waals surface area contributed by atoms with Crippen LogP contribution in [0.1, 0.15) is 33.1 Å². The summed E-state index contributed by atoms with van der Waals surface area (Å²) in [6.45, 7) is 4.35. The van der Waals surface area contributed by atoms with Gasteiger partial charge in [-0.3, -0.25) is 5.43 Å². The highest BCUT2D eigenvalue weighted by molar-refractivity contribution is 7.99. The van der Waals surface area contributed by atoms with Crippen LogP contribution in [0, 0.1) is 0 Å². The number of hydrogen-bond donors (Lipinski definition) is 3. The summed E-state index contributed by atoms with van der Waals surface area (Å²) in [6, 6.07) is 0.929. The van der Waals surface area contributed by atoms with Gasteiger partial charge in [-0.05, 0) is 37.7 Å². The summed E-state index contributed by atoms with van der Waals surface area (Å²) >= 11 is 1.97. The largest absolute Gasteiger partial charge is 0.353 e. The van der Waals surface area contributed by atoms with E-state index in [4.69, 9.17) is 5.84 Å². The van der Waals surface area contributed by atoms with E-state index in [1.165, 1.54) is 24.3 Å². The van der Waals surface area contributed by atoms with Crippen LogP contribution in [0.5, 0.6) is 0 Å². The maximum Gasteiger partial charge on any atom is 0.206 e. The molecule has 1 aliphatic carbocycles. The van der Waals surface area contributed by atoms with Crippen molar-refractivity contribution in [3.63, 3.8) is 0 Å². The van der Waals surface area contributed by atoms with E-state index in [0.717, 1.165) is 12.4 Å². The predicted molar refractivity (Wildman–Crippen MR) is 68.0 cm³/mol. The third kappa shape index (κ3) is 5.89. The second-order valence-corrected chi connectivity index (χ2v) is 5.28. The molecule has 0 bridgehead atoms. The SMILES string of the molecule is CCSCCC(C)NC(=NC1CC1)NN. The molecule has 0 aromatic carbocycles. The minimum atomic E-state index is 0.428. The van der Waals surface area contributed by atoms with Gasteiger partial charge in [-0.1, -0.05) is 6.92 Å². The molecular formula is C10H22N4S. The molecule has 0 spiro atoms. The van der Waals surface area contributed by atoms with Gasteiger partial charge in [0.05, 0.1) is 6.04 Å². The van der Waals surface area contributed by atoms with E-state index in [2.05, 4.69) is 29.6 Å². The van der Waals surface area contributed by atoms with E-state index in [9.17, 15) is 0 Å². The van der Waals surface area contributed by atoms with Gasteiger partial charge in [-0.25, -0.2) is 10.8 Å². The first-order valence-electron chi connectivity index (χ1n) is 5.65. The average molecular weight is 230 g/mol. The Bertz CT molecular complexity index is 204. The molecule has 0 heterocycles. The smallest absolute Gasteiger partial charge is 0.206 e. The Kier molecular flexibility index (Phi) is 5.86. The highest BCUT2D eigenvalue weighted by Gasteiger charge is 2.21. The molecule has 15 heavy (non-hydrogen) atoms. The van der Waals surface area contributed by atoms with Crippen LogP contribution >= 0.6 is 11.8 Å². The van der Waals surface area contributed by atoms with E-state index >= 15 is 0 Å². The third-order valence-electron chi connectivity index (χ3n) is 2.28. The zero-order chi connectivity index (χ0) is 11.1. The molecule has 1 saturated carbocycles. The topological polar surface area (TPSA) is 62.4 Å². The number of hydrogen-bond acceptors (Lipinski definition) is 3. The van der Waals surface area contributed by atoms with Crippen LogP contribution in [0.25, 0.3) is 0 Å². The number of nitrogens with two attached hydrogens (primary N) is 1. The van der Waals surface area contributed by atoms with Crippen molar-refractivity contribution in [3.05, 3.63) is 0 Å². The van der Waals surface area contributed by atoms with Gasteiger partial charge in [0, 0.05) is 6.04 Å². The van der Waals surface area contributed by atoms with Crippen LogP contribution in [0.2, 0.25) is 0 Å². The minimum Gasteiger partial charge on any atom is -0.353 e. The lowest BCUT2D eigenvalue weighted by Crippen LogP contribution is -2.45. The van der Waals surface area contributed by atoms with E-state index in [1.54, 1.807) is 0 Å². The summed E-state index contributed by atoms with van der Waals surface area (Å²) in [6.07, 6.45) is 3.55. The Morgan fingerprint density at radius 2 is 2.33 bits per heavy atom. The summed E-state index contributed by atoms with van der Waals surface area (Å²) in [7, 11) is 0. The lowest BCUT2D eigenvalue weighted by atomic mass is 10.3. The monoisotopic (exact) mass is 230 g/mol. The molecular weight excluding hydrogens is 208 g/mol. The second kappa shape index (κ2) is 6.95. The van der Waals surface area contributed by atoms with Crippen molar-refractivity contribution in [2.75, 3.05) is 11.5 Å². The molecule has 1 atom stereocenters. The normalized spacial score (nSPS) is 18.7. The summed E-state index contributed by atoms with van der Waals surface area (Å²) in [4.78, 5) is 4.44. The zero-order valence-electron chi connectivity index (χ0n) is 9.62. The second-order valence-electron chi connectivity index (χ2n) is 3.88. The Morgan fingerprint density at radius 3 is 2.87 bits per heavy atom. The number of rotatable bonds is 6. The van der Waals surface area contributed by atoms with Gasteiger partial charge >= 0.3 is 0 Å². The number of hydrazine groups is 1. The molecule has 5 heteroatoms. The van der Waals surface area contributed by atoms with Crippen LogP contribution in [0.3, 0.4) is 0 Å². The Balaban J connectivity index is 2.18. The molecule has 1 fully saturated rings. The molecule has 0 aromatic rings. The van der Waals surface area contributed by atoms with Gasteiger partial charge in [0.2, 0.25) is 5.96 Å². The van der Waals surface area contributed by atoms with E-state index < -0.39 is 0 Å². The standard InChI is InChI=1S/C10H22N4S/c1-3-15-7-6-8(2)12-10(14-11)13-9-4-5-9/h8-9H,3-7,11H2,1-2H3,(H2,12,13,14). The highest BCUT2D eigenvalue weighted by atomic mass is 32.2. The van der Waals surface area contributed by atoms with Crippen LogP contribution < -0.4 is 16.6 Å². The summed E-state index contributed by atoms with van der Waals surface area (Å²) in [5.74, 6) is 8.52. The Labute approximate surface area is 96.4 Å². The van der Waals surface area contributed by atoms with Crippen LogP contribution in [0.4, 0.5) is 0 Å². The number of aliphatic imine (C=N–C) groups is 1. The molecule has 4 nitrogen and oxygen atoms in total. The number of nitrogens with one attached hydrogen (secondary N) is 2. The fourth-order valence-corrected chi connectivity index (χ4v) is 2.02. The Morgan fingerprint density at radius 1 is 1.60 bits per heavy atom. The highest BCUT2D eigenvalue weighted by Crippen LogP contribution is 2.23. The summed E-state index contributed by atoms with van der Waals surface area (Å²) < 4.78 is 0. The summed E-state index contributed by atoms with van der Waals surface area (Å²) in [5.41, 5.74) is 2.63. The first-order chi connectivity index (χ1) is 7.26. The van der Waals surface area contributed by atoms with E-state index in [0.29, 0.717) is 12.1 Å². The van der Waals surface area contributed by atoms with Gasteiger partial charge in [0.15, 0.2) is 0 Å². The fourth-order valence-electron chi connectivity index (χ4n) is 1.21. The molecule has 0 amide bonds. The fraction of sp³-hybridized carbons (Fsp3) is 0.900. The first-order valence-corrected chi connectivity index (χ1v) is 6.80. The number of thioether (sulfide) groups is 1. The lowest BCUT2D eigenvalue weighted by molar-refractivity contribution is 0.629. The Hall–Kier alpha value is -0.420. The summed E-state index contributed by atoms with van der Waals surface area (Å²) in [5, 5.41) is 3.30. The minimum absolute atomic E-state index is 0.428. The first kappa shape index (κ1) is 12.6. The van der Waals surface area contributed by atoms with Crippen molar-refractivity contribution in [1.29, 1.82) is 0 Å². The molecule has 1 rings (SSSR count). The van der Waals surface area contributed by atoms with Gasteiger partial charge in [0.25, 0.3) is 0 Å². The van der Waals surface area contributed by atoms with E-state index in [1.807, 2.05) is 11.8 Å². The number of guanidine groups is 1. The van der Waals surface area contributed by atoms with Gasteiger partial charge in [0.1, 0.15) is 0 Å². The van der Waals surface area contributed by atoms with Crippen molar-refractivity contribution in [3.8, 4) is 0 Å². The lowest BCUT2D eigenvalue weighted by Gasteiger charge is -2.16. The van der Waals surface area contributed by atoms with Crippen LogP contribution in [-0.4, -0.2) is 29.5 Å². The molecule has 0 aliphatic heterocycles. The average Bonchev–Trinajstić information content (AvgIpc) is 3.01. The van der Waals surface area contributed by atoms with Crippen molar-refractivity contribution in [2.24, 2.45) is 10.8 Å². The maximum atomic E-state index is 5.40. The molecule has 0 aromatic heterocycles. The van der Waals surface area contributed by atoms with Gasteiger partial charge in [-0.2, -0.15) is 11.8 Å². The molecule has 88 valence electrons. The quantitative estimate of drug-likeness (QED) is 0.210. The molecule has 1 unspecified atom stereocenters. The third-order valence-corrected chi connectivity index (χ3v) is 3.21. The van der Waals surface area contributed by atoms with Gasteiger partial charge in [-0.15, -0.1) is 0 Å². The maximum absolute atomic E-state index is 5.40. The zero-order valence-corrected chi connectivity index (χ0v) is 10.4. The predicted octanol–water partition coefficient (Wildman–Crippen LogP) is 1.09. The van der Waals surface area contributed by atoms with Crippen molar-refractivity contribution in [1.82, 2.24) is 10.7 Å². The molecule has 0 radical (unpaired) electrons. The molecule has 4 N–H and O–H groups in total. The molecule has 1 aliphatic rings. The number of nitrogens with zero attached hydrogens (tertiary/aromatic N) is 1. The van der Waals surface area contributed by atoms with Crippen molar-refractivity contribution < 1.29 is 0 Å². The van der Waals surface area contributed by atoms with Crippen LogP contribution in [0.15, 0.2) is 4.99 Å². The van der Waals surface area contributed by atoms with Crippen LogP contribution in [-0.2, 0) is 0 Å². The molecule has 0 saturated heterocycles. The van der Waals surface area contributed by atoms with Crippen molar-refractivity contribution in [2.45, 2.75) is 45.2 Å². The van der Waals surface area contributed by atoms with Gasteiger partial charge < -0.3 is 5.32 Å². The van der Waals surface area contributed by atoms with Crippen molar-refractivity contribution >= 4 is 17.7 Å². The van der Waals surface area contributed by atoms with E-state index in [-0.39, 0.29) is 0 Å².